The molecule has 2 heterocycles. The molecular weight excluding hydrogens is 510 g/mol. The lowest BCUT2D eigenvalue weighted by Crippen LogP contribution is -2.40. The molecule has 0 aromatic heterocycles. The Balaban J connectivity index is 1.75. The van der Waals surface area contributed by atoms with Gasteiger partial charge in [-0.3, -0.25) is 4.79 Å². The molecule has 2 aliphatic rings. The molecule has 0 aliphatic carbocycles. The number of nitrogens with one attached hydrogen (secondary N) is 1. The first kappa shape index (κ1) is 29.3. The quantitative estimate of drug-likeness (QED) is 0.425. The van der Waals surface area contributed by atoms with Gasteiger partial charge in [0.15, 0.2) is 0 Å². The third kappa shape index (κ3) is 7.63. The fourth-order valence-corrected chi connectivity index (χ4v) is 6.98. The summed E-state index contributed by atoms with van der Waals surface area (Å²) in [4.78, 5) is 15.6. The van der Waals surface area contributed by atoms with Gasteiger partial charge >= 0.3 is 0 Å². The minimum absolute atomic E-state index is 0.0533. The van der Waals surface area contributed by atoms with Crippen LogP contribution in [-0.4, -0.2) is 64.7 Å². The van der Waals surface area contributed by atoms with Gasteiger partial charge in [0, 0.05) is 38.1 Å². The summed E-state index contributed by atoms with van der Waals surface area (Å²) >= 11 is 0. The van der Waals surface area contributed by atoms with Crippen molar-refractivity contribution in [2.24, 2.45) is 11.8 Å². The Bertz CT molecular complexity index is 1210. The van der Waals surface area contributed by atoms with E-state index in [4.69, 9.17) is 0 Å². The molecule has 0 spiro atoms. The van der Waals surface area contributed by atoms with Gasteiger partial charge in [-0.15, -0.1) is 0 Å². The molecule has 0 radical (unpaired) electrons. The number of carbonyl (C=O) groups is 1. The van der Waals surface area contributed by atoms with Gasteiger partial charge in [0.2, 0.25) is 26.0 Å². The average Bonchev–Trinajstić information content (AvgIpc) is 3.37. The van der Waals surface area contributed by atoms with Gasteiger partial charge in [-0.25, -0.2) is 21.6 Å². The zero-order valence-corrected chi connectivity index (χ0v) is 23.4. The minimum atomic E-state index is -3.74. The van der Waals surface area contributed by atoms with Crippen LogP contribution in [0.5, 0.6) is 0 Å². The predicted octanol–water partition coefficient (Wildman–Crippen LogP) is 3.62. The Hall–Kier alpha value is -2.27. The van der Waals surface area contributed by atoms with Crippen molar-refractivity contribution in [2.75, 3.05) is 32.7 Å². The van der Waals surface area contributed by atoms with Crippen LogP contribution in [0.4, 0.5) is 0 Å². The van der Waals surface area contributed by atoms with Gasteiger partial charge in [0.25, 0.3) is 0 Å². The number of benzene rings is 1. The minimum Gasteiger partial charge on any atom is -0.342 e. The Morgan fingerprint density at radius 2 is 1.76 bits per heavy atom. The van der Waals surface area contributed by atoms with Crippen molar-refractivity contribution in [3.63, 3.8) is 0 Å². The maximum Gasteiger partial charge on any atom is 0.243 e. The van der Waals surface area contributed by atoms with Gasteiger partial charge in [0.1, 0.15) is 0 Å². The van der Waals surface area contributed by atoms with Crippen molar-refractivity contribution in [2.45, 2.75) is 50.3 Å². The molecular formula is C27H39N3O5S2. The zero-order valence-electron chi connectivity index (χ0n) is 21.8. The van der Waals surface area contributed by atoms with Gasteiger partial charge in [-0.2, -0.15) is 4.31 Å². The summed E-state index contributed by atoms with van der Waals surface area (Å²) < 4.78 is 53.6. The summed E-state index contributed by atoms with van der Waals surface area (Å²) in [6.45, 7) is 13.7. The van der Waals surface area contributed by atoms with E-state index in [-0.39, 0.29) is 29.8 Å². The molecule has 2 atom stereocenters. The number of allylic oxidation sites excluding steroid dienone is 3. The van der Waals surface area contributed by atoms with Gasteiger partial charge in [0.05, 0.1) is 10.8 Å². The molecule has 2 aliphatic heterocycles. The van der Waals surface area contributed by atoms with E-state index in [0.717, 1.165) is 42.5 Å². The molecule has 1 aromatic carbocycles. The molecule has 2 unspecified atom stereocenters. The highest BCUT2D eigenvalue weighted by Gasteiger charge is 2.34. The van der Waals surface area contributed by atoms with Crippen LogP contribution in [0.1, 0.15) is 51.0 Å². The number of carbonyl (C=O) groups excluding carboxylic acids is 1. The smallest absolute Gasteiger partial charge is 0.243 e. The van der Waals surface area contributed by atoms with Crippen molar-refractivity contribution in [3.8, 4) is 0 Å². The molecule has 1 amide bonds. The van der Waals surface area contributed by atoms with E-state index >= 15 is 0 Å². The lowest BCUT2D eigenvalue weighted by atomic mass is 9.89. The van der Waals surface area contributed by atoms with Crippen LogP contribution in [0.3, 0.4) is 0 Å². The first-order valence-electron chi connectivity index (χ1n) is 12.8. The monoisotopic (exact) mass is 549 g/mol. The second-order valence-corrected chi connectivity index (χ2v) is 13.7. The molecule has 37 heavy (non-hydrogen) atoms. The molecule has 0 bridgehead atoms. The summed E-state index contributed by atoms with van der Waals surface area (Å²) in [5.41, 5.74) is 1.62. The highest BCUT2D eigenvalue weighted by atomic mass is 32.2. The third-order valence-electron chi connectivity index (χ3n) is 7.22. The summed E-state index contributed by atoms with van der Waals surface area (Å²) in [6.07, 6.45) is 6.80. The Morgan fingerprint density at radius 1 is 1.11 bits per heavy atom. The molecule has 204 valence electrons. The normalized spacial score (nSPS) is 20.8. The first-order valence-corrected chi connectivity index (χ1v) is 15.8. The van der Waals surface area contributed by atoms with Crippen LogP contribution in [0.2, 0.25) is 0 Å². The second kappa shape index (κ2) is 12.5. The molecule has 10 heteroatoms. The Kier molecular flexibility index (Phi) is 9.91. The first-order chi connectivity index (χ1) is 17.5. The summed E-state index contributed by atoms with van der Waals surface area (Å²) in [5, 5.41) is 0.843. The lowest BCUT2D eigenvalue weighted by molar-refractivity contribution is -0.134. The molecule has 3 rings (SSSR count). The average molecular weight is 550 g/mol. The van der Waals surface area contributed by atoms with E-state index in [2.05, 4.69) is 24.8 Å². The maximum absolute atomic E-state index is 13.5. The summed E-state index contributed by atoms with van der Waals surface area (Å²) in [6, 6.07) is 6.60. The molecule has 1 N–H and O–H groups in total. The number of hydrogen-bond acceptors (Lipinski definition) is 5. The number of likely N-dealkylation sites (tertiary alicyclic amines) is 1. The largest absolute Gasteiger partial charge is 0.342 e. The van der Waals surface area contributed by atoms with Crippen LogP contribution >= 0.6 is 0 Å². The van der Waals surface area contributed by atoms with Crippen LogP contribution in [0.25, 0.3) is 0 Å². The van der Waals surface area contributed by atoms with E-state index in [0.29, 0.717) is 25.3 Å². The van der Waals surface area contributed by atoms with Crippen LogP contribution in [0, 0.1) is 11.8 Å². The Morgan fingerprint density at radius 3 is 2.35 bits per heavy atom. The fraction of sp³-hybridized carbons (Fsp3) is 0.519. The molecule has 2 fully saturated rings. The predicted molar refractivity (Wildman–Crippen MR) is 147 cm³/mol. The van der Waals surface area contributed by atoms with Crippen LogP contribution in [-0.2, 0) is 24.8 Å². The van der Waals surface area contributed by atoms with E-state index in [1.165, 1.54) is 4.31 Å². The van der Waals surface area contributed by atoms with Crippen molar-refractivity contribution >= 4 is 26.0 Å². The molecule has 8 nitrogen and oxygen atoms in total. The maximum atomic E-state index is 13.5. The number of sulfonamides is 2. The zero-order chi connectivity index (χ0) is 27.2. The molecule has 2 saturated heterocycles. The van der Waals surface area contributed by atoms with E-state index in [1.807, 2.05) is 24.0 Å². The van der Waals surface area contributed by atoms with Crippen molar-refractivity contribution in [1.29, 1.82) is 0 Å². The summed E-state index contributed by atoms with van der Waals surface area (Å²) in [7, 11) is -7.29. The lowest BCUT2D eigenvalue weighted by Gasteiger charge is -2.33. The highest BCUT2D eigenvalue weighted by Crippen LogP contribution is 2.30. The van der Waals surface area contributed by atoms with Crippen LogP contribution < -0.4 is 4.72 Å². The van der Waals surface area contributed by atoms with E-state index in [9.17, 15) is 21.6 Å². The number of hydrogen-bond donors (Lipinski definition) is 1. The fourth-order valence-electron chi connectivity index (χ4n) is 4.86. The topological polar surface area (TPSA) is 104 Å². The SMILES string of the molecule is C=CS(=O)(=O)NCC1CCN(S(=O)(=O)c2ccc(C(CC(=C)/C=C\C)C(=O)N3CCC(C)CC3)cc2)C1. The standard InChI is InChI=1S/C27H39N3O5S2/c1-5-7-22(4)18-26(27(31)29-15-12-21(3)13-16-29)24-8-10-25(11-9-24)37(34,35)30-17-14-23(20-30)19-28-36(32,33)6-2/h5-11,21,23,26,28H,2,4,12-20H2,1,3H3/b7-5-. The van der Waals surface area contributed by atoms with Gasteiger partial charge in [-0.05, 0) is 62.1 Å². The number of amides is 1. The van der Waals surface area contributed by atoms with Crippen LogP contribution in [0.15, 0.2) is 65.5 Å². The van der Waals surface area contributed by atoms with Crippen molar-refractivity contribution < 1.29 is 21.6 Å². The van der Waals surface area contributed by atoms with Crippen molar-refractivity contribution in [3.05, 3.63) is 66.1 Å². The summed E-state index contributed by atoms with van der Waals surface area (Å²) in [5.74, 6) is 0.119. The van der Waals surface area contributed by atoms with E-state index < -0.39 is 26.0 Å². The van der Waals surface area contributed by atoms with E-state index in [1.54, 1.807) is 24.3 Å². The highest BCUT2D eigenvalue weighted by molar-refractivity contribution is 7.92. The van der Waals surface area contributed by atoms with Gasteiger partial charge < -0.3 is 4.90 Å². The number of nitrogens with zero attached hydrogens (tertiary/aromatic N) is 2. The second-order valence-electron chi connectivity index (χ2n) is 10.1. The van der Waals surface area contributed by atoms with Crippen molar-refractivity contribution in [1.82, 2.24) is 13.9 Å². The third-order valence-corrected chi connectivity index (χ3v) is 10.1. The molecule has 1 aromatic rings. The molecule has 0 saturated carbocycles. The van der Waals surface area contributed by atoms with Gasteiger partial charge in [-0.1, -0.05) is 49.9 Å². The number of rotatable bonds is 11. The number of piperidine rings is 1. The Labute approximate surface area is 222 Å².